The molecule has 2 aliphatic rings. The van der Waals surface area contributed by atoms with Gasteiger partial charge in [-0.1, -0.05) is 32.1 Å². The lowest BCUT2D eigenvalue weighted by atomic mass is 9.51. The number of carbonyl (C=O) groups is 1. The zero-order chi connectivity index (χ0) is 11.8. The Balaban J connectivity index is 2.32. The average Bonchev–Trinajstić information content (AvgIpc) is 2.27. The van der Waals surface area contributed by atoms with Gasteiger partial charge in [0.25, 0.3) is 0 Å². The van der Waals surface area contributed by atoms with Crippen LogP contribution in [0.5, 0.6) is 0 Å². The van der Waals surface area contributed by atoms with Crippen molar-refractivity contribution in [3.63, 3.8) is 0 Å². The van der Waals surface area contributed by atoms with Crippen LogP contribution in [0.25, 0.3) is 0 Å². The van der Waals surface area contributed by atoms with Crippen molar-refractivity contribution in [3.8, 4) is 0 Å². The highest BCUT2D eigenvalue weighted by Crippen LogP contribution is 2.59. The van der Waals surface area contributed by atoms with Crippen LogP contribution in [0.2, 0.25) is 0 Å². The van der Waals surface area contributed by atoms with Crippen molar-refractivity contribution >= 4 is 6.29 Å². The van der Waals surface area contributed by atoms with E-state index in [-0.39, 0.29) is 5.41 Å². The molecule has 2 rings (SSSR count). The fourth-order valence-electron chi connectivity index (χ4n) is 3.61. The summed E-state index contributed by atoms with van der Waals surface area (Å²) in [6.45, 7) is 9.06. The van der Waals surface area contributed by atoms with Crippen LogP contribution >= 0.6 is 0 Å². The summed E-state index contributed by atoms with van der Waals surface area (Å²) in [5.74, 6) is 0. The molecule has 0 amide bonds. The molecule has 0 heterocycles. The molecule has 1 spiro atoms. The van der Waals surface area contributed by atoms with E-state index >= 15 is 0 Å². The maximum absolute atomic E-state index is 10.8. The Morgan fingerprint density at radius 1 is 1.31 bits per heavy atom. The Kier molecular flexibility index (Phi) is 2.81. The van der Waals surface area contributed by atoms with Gasteiger partial charge in [-0.3, -0.25) is 4.79 Å². The molecule has 0 bridgehead atoms. The van der Waals surface area contributed by atoms with Crippen LogP contribution in [0.3, 0.4) is 0 Å². The highest BCUT2D eigenvalue weighted by Gasteiger charge is 2.48. The standard InChI is InChI=1S/C15H22O/c1-12-5-4-8-14(2,3)15(12)9-6-13(11-16)7-10-15/h6,11H,1,4-5,7-10H2,2-3H3/t15-/m1/s1. The van der Waals surface area contributed by atoms with E-state index in [0.717, 1.165) is 31.1 Å². The molecule has 0 radical (unpaired) electrons. The molecule has 0 N–H and O–H groups in total. The third-order valence-corrected chi connectivity index (χ3v) is 4.96. The number of aldehydes is 1. The first kappa shape index (κ1) is 11.6. The molecule has 1 fully saturated rings. The third-order valence-electron chi connectivity index (χ3n) is 4.96. The number of allylic oxidation sites excluding steroid dienone is 3. The second kappa shape index (κ2) is 3.87. The maximum atomic E-state index is 10.8. The normalized spacial score (nSPS) is 33.6. The highest BCUT2D eigenvalue weighted by atomic mass is 16.1. The zero-order valence-corrected chi connectivity index (χ0v) is 10.5. The maximum Gasteiger partial charge on any atom is 0.145 e. The van der Waals surface area contributed by atoms with Crippen LogP contribution < -0.4 is 0 Å². The van der Waals surface area contributed by atoms with Crippen molar-refractivity contribution in [2.75, 3.05) is 0 Å². The van der Waals surface area contributed by atoms with Crippen molar-refractivity contribution < 1.29 is 4.79 Å². The molecular weight excluding hydrogens is 196 g/mol. The fourth-order valence-corrected chi connectivity index (χ4v) is 3.61. The van der Waals surface area contributed by atoms with E-state index in [1.165, 1.54) is 24.8 Å². The van der Waals surface area contributed by atoms with Gasteiger partial charge in [0.2, 0.25) is 0 Å². The van der Waals surface area contributed by atoms with Crippen LogP contribution in [0.1, 0.15) is 52.4 Å². The first-order chi connectivity index (χ1) is 7.52. The topological polar surface area (TPSA) is 17.1 Å². The van der Waals surface area contributed by atoms with Crippen LogP contribution in [0.4, 0.5) is 0 Å². The minimum atomic E-state index is 0.262. The van der Waals surface area contributed by atoms with Gasteiger partial charge in [0, 0.05) is 0 Å². The lowest BCUT2D eigenvalue weighted by Gasteiger charge is -2.53. The first-order valence-electron chi connectivity index (χ1n) is 6.34. The molecule has 1 nitrogen and oxygen atoms in total. The molecule has 1 saturated carbocycles. The van der Waals surface area contributed by atoms with Gasteiger partial charge >= 0.3 is 0 Å². The van der Waals surface area contributed by atoms with Gasteiger partial charge in [-0.15, -0.1) is 0 Å². The second-order valence-electron chi connectivity index (χ2n) is 6.02. The molecule has 0 aliphatic heterocycles. The number of carbonyl (C=O) groups excluding carboxylic acids is 1. The molecule has 88 valence electrons. The predicted molar refractivity (Wildman–Crippen MR) is 67.2 cm³/mol. The van der Waals surface area contributed by atoms with E-state index in [1.807, 2.05) is 0 Å². The Bertz CT molecular complexity index is 348. The quantitative estimate of drug-likeness (QED) is 0.479. The van der Waals surface area contributed by atoms with Crippen LogP contribution in [0, 0.1) is 10.8 Å². The van der Waals surface area contributed by atoms with Crippen LogP contribution in [-0.2, 0) is 4.79 Å². The summed E-state index contributed by atoms with van der Waals surface area (Å²) >= 11 is 0. The molecule has 1 atom stereocenters. The highest BCUT2D eigenvalue weighted by molar-refractivity contribution is 5.73. The van der Waals surface area contributed by atoms with Gasteiger partial charge in [0.05, 0.1) is 0 Å². The van der Waals surface area contributed by atoms with E-state index in [4.69, 9.17) is 0 Å². The van der Waals surface area contributed by atoms with Gasteiger partial charge in [-0.05, 0) is 54.9 Å². The largest absolute Gasteiger partial charge is 0.298 e. The SMILES string of the molecule is C=C1CCCC(C)(C)[C@@]12CC=C(C=O)CC2. The van der Waals surface area contributed by atoms with E-state index < -0.39 is 0 Å². The van der Waals surface area contributed by atoms with Crippen LogP contribution in [0.15, 0.2) is 23.8 Å². The summed E-state index contributed by atoms with van der Waals surface area (Å²) in [6, 6.07) is 0. The van der Waals surface area contributed by atoms with Crippen molar-refractivity contribution in [1.29, 1.82) is 0 Å². The van der Waals surface area contributed by atoms with Gasteiger partial charge < -0.3 is 0 Å². The average molecular weight is 218 g/mol. The summed E-state index contributed by atoms with van der Waals surface area (Å²) in [5, 5.41) is 0. The summed E-state index contributed by atoms with van der Waals surface area (Å²) in [7, 11) is 0. The Hall–Kier alpha value is -0.850. The van der Waals surface area contributed by atoms with Crippen molar-refractivity contribution in [1.82, 2.24) is 0 Å². The smallest absolute Gasteiger partial charge is 0.145 e. The van der Waals surface area contributed by atoms with Crippen molar-refractivity contribution in [2.24, 2.45) is 10.8 Å². The lowest BCUT2D eigenvalue weighted by Crippen LogP contribution is -2.43. The van der Waals surface area contributed by atoms with Gasteiger partial charge in [0.1, 0.15) is 6.29 Å². The number of hydrogen-bond donors (Lipinski definition) is 0. The van der Waals surface area contributed by atoms with Crippen molar-refractivity contribution in [2.45, 2.75) is 52.4 Å². The number of rotatable bonds is 1. The molecule has 16 heavy (non-hydrogen) atoms. The summed E-state index contributed by atoms with van der Waals surface area (Å²) in [6.07, 6.45) is 9.98. The monoisotopic (exact) mass is 218 g/mol. The summed E-state index contributed by atoms with van der Waals surface area (Å²) in [4.78, 5) is 10.8. The first-order valence-corrected chi connectivity index (χ1v) is 6.34. The molecule has 2 aliphatic carbocycles. The molecule has 0 aromatic rings. The van der Waals surface area contributed by atoms with Gasteiger partial charge in [-0.25, -0.2) is 0 Å². The van der Waals surface area contributed by atoms with Crippen LogP contribution in [-0.4, -0.2) is 6.29 Å². The van der Waals surface area contributed by atoms with Crippen molar-refractivity contribution in [3.05, 3.63) is 23.8 Å². The second-order valence-corrected chi connectivity index (χ2v) is 6.02. The number of hydrogen-bond acceptors (Lipinski definition) is 1. The van der Waals surface area contributed by atoms with Gasteiger partial charge in [0.15, 0.2) is 0 Å². The molecular formula is C15H22O. The molecule has 0 saturated heterocycles. The molecule has 0 aromatic heterocycles. The predicted octanol–water partition coefficient (Wildman–Crippen LogP) is 4.05. The molecule has 1 heteroatoms. The van der Waals surface area contributed by atoms with E-state index in [9.17, 15) is 4.79 Å². The Labute approximate surface area is 98.6 Å². The van der Waals surface area contributed by atoms with Gasteiger partial charge in [-0.2, -0.15) is 0 Å². The summed E-state index contributed by atoms with van der Waals surface area (Å²) < 4.78 is 0. The zero-order valence-electron chi connectivity index (χ0n) is 10.5. The van der Waals surface area contributed by atoms with E-state index in [2.05, 4.69) is 26.5 Å². The minimum Gasteiger partial charge on any atom is -0.298 e. The lowest BCUT2D eigenvalue weighted by molar-refractivity contribution is -0.105. The fraction of sp³-hybridized carbons (Fsp3) is 0.667. The van der Waals surface area contributed by atoms with E-state index in [0.29, 0.717) is 5.41 Å². The van der Waals surface area contributed by atoms with E-state index in [1.54, 1.807) is 0 Å². The Morgan fingerprint density at radius 2 is 2.06 bits per heavy atom. The third kappa shape index (κ3) is 1.57. The summed E-state index contributed by atoms with van der Waals surface area (Å²) in [5.41, 5.74) is 3.01. The molecule has 0 unspecified atom stereocenters. The minimum absolute atomic E-state index is 0.262. The Morgan fingerprint density at radius 3 is 2.56 bits per heavy atom. The molecule has 0 aromatic carbocycles.